The van der Waals surface area contributed by atoms with Crippen molar-refractivity contribution in [2.45, 2.75) is 45.5 Å². The molecule has 1 aliphatic rings. The van der Waals surface area contributed by atoms with Crippen LogP contribution in [-0.2, 0) is 15.9 Å². The summed E-state index contributed by atoms with van der Waals surface area (Å²) in [6.07, 6.45) is 0. The van der Waals surface area contributed by atoms with Crippen molar-refractivity contribution in [1.82, 2.24) is 0 Å². The van der Waals surface area contributed by atoms with E-state index < -0.39 is 18.3 Å². The van der Waals surface area contributed by atoms with E-state index in [1.165, 1.54) is 0 Å². The fourth-order valence-corrected chi connectivity index (χ4v) is 3.17. The van der Waals surface area contributed by atoms with Crippen molar-refractivity contribution >= 4 is 35.8 Å². The normalized spacial score (nSPS) is 18.4. The molecule has 1 saturated heterocycles. The molecule has 25 heavy (non-hydrogen) atoms. The van der Waals surface area contributed by atoms with Crippen molar-refractivity contribution in [3.8, 4) is 5.75 Å². The molecule has 0 unspecified atom stereocenters. The van der Waals surface area contributed by atoms with Crippen LogP contribution in [-0.4, -0.2) is 18.3 Å². The van der Waals surface area contributed by atoms with Crippen LogP contribution in [0.15, 0.2) is 42.5 Å². The molecule has 132 valence electrons. The largest absolute Gasteiger partial charge is 0.498 e. The predicted molar refractivity (Wildman–Crippen MR) is 103 cm³/mol. The van der Waals surface area contributed by atoms with Gasteiger partial charge in [-0.1, -0.05) is 53.5 Å². The van der Waals surface area contributed by atoms with Gasteiger partial charge in [0.05, 0.1) is 16.2 Å². The molecule has 0 saturated carbocycles. The van der Waals surface area contributed by atoms with Crippen LogP contribution in [0.3, 0.4) is 0 Å². The monoisotopic (exact) mass is 378 g/mol. The van der Waals surface area contributed by atoms with E-state index in [0.29, 0.717) is 27.9 Å². The average Bonchev–Trinajstić information content (AvgIpc) is 2.75. The Balaban J connectivity index is 1.91. The molecule has 3 nitrogen and oxygen atoms in total. The van der Waals surface area contributed by atoms with E-state index in [4.69, 9.17) is 37.2 Å². The summed E-state index contributed by atoms with van der Waals surface area (Å²) in [5.74, 6) is 0.536. The highest BCUT2D eigenvalue weighted by atomic mass is 35.5. The van der Waals surface area contributed by atoms with E-state index in [9.17, 15) is 0 Å². The number of benzene rings is 2. The highest BCUT2D eigenvalue weighted by Crippen LogP contribution is 2.38. The van der Waals surface area contributed by atoms with Gasteiger partial charge in [-0.15, -0.1) is 0 Å². The van der Waals surface area contributed by atoms with E-state index in [1.54, 1.807) is 12.1 Å². The molecule has 0 bridgehead atoms. The van der Waals surface area contributed by atoms with Crippen molar-refractivity contribution in [2.24, 2.45) is 0 Å². The maximum Gasteiger partial charge on any atom is 0.498 e. The first-order chi connectivity index (χ1) is 11.7. The first kappa shape index (κ1) is 18.6. The van der Waals surface area contributed by atoms with Crippen molar-refractivity contribution in [3.05, 3.63) is 58.1 Å². The molecular formula is C19H21BCl2O3. The predicted octanol–water partition coefficient (Wildman–Crippen LogP) is 4.87. The number of hydrogen-bond acceptors (Lipinski definition) is 3. The number of ether oxygens (including phenoxy) is 1. The van der Waals surface area contributed by atoms with Gasteiger partial charge in [0.1, 0.15) is 12.4 Å². The van der Waals surface area contributed by atoms with E-state index in [-0.39, 0.29) is 0 Å². The third-order valence-electron chi connectivity index (χ3n) is 4.77. The fourth-order valence-electron chi connectivity index (χ4n) is 2.61. The summed E-state index contributed by atoms with van der Waals surface area (Å²) in [6.45, 7) is 8.41. The van der Waals surface area contributed by atoms with Crippen LogP contribution in [0.2, 0.25) is 10.0 Å². The molecule has 6 heteroatoms. The van der Waals surface area contributed by atoms with E-state index in [0.717, 1.165) is 5.56 Å². The molecule has 0 spiro atoms. The van der Waals surface area contributed by atoms with Crippen molar-refractivity contribution < 1.29 is 14.0 Å². The van der Waals surface area contributed by atoms with Gasteiger partial charge in [0, 0.05) is 10.5 Å². The lowest BCUT2D eigenvalue weighted by molar-refractivity contribution is 0.00578. The topological polar surface area (TPSA) is 27.7 Å². The third kappa shape index (κ3) is 3.82. The number of hydrogen-bond donors (Lipinski definition) is 0. The van der Waals surface area contributed by atoms with E-state index in [2.05, 4.69) is 0 Å². The molecule has 1 aliphatic heterocycles. The minimum atomic E-state index is -0.591. The second kappa shape index (κ2) is 6.84. The summed E-state index contributed by atoms with van der Waals surface area (Å²) in [5.41, 5.74) is 0.840. The molecule has 3 rings (SSSR count). The van der Waals surface area contributed by atoms with Gasteiger partial charge >= 0.3 is 7.12 Å². The number of halogens is 2. The number of rotatable bonds is 4. The highest BCUT2D eigenvalue weighted by molar-refractivity contribution is 6.64. The molecule has 1 fully saturated rings. The molecule has 0 N–H and O–H groups in total. The molecule has 0 aliphatic carbocycles. The van der Waals surface area contributed by atoms with Gasteiger partial charge in [-0.25, -0.2) is 0 Å². The zero-order chi connectivity index (χ0) is 18.2. The molecule has 2 aromatic carbocycles. The van der Waals surface area contributed by atoms with E-state index in [1.807, 2.05) is 58.0 Å². The summed E-state index contributed by atoms with van der Waals surface area (Å²) in [6, 6.07) is 13.4. The zero-order valence-corrected chi connectivity index (χ0v) is 16.3. The first-order valence-corrected chi connectivity index (χ1v) is 8.96. The average molecular weight is 379 g/mol. The summed E-state index contributed by atoms with van der Waals surface area (Å²) in [5, 5.41) is 0.954. The van der Waals surface area contributed by atoms with Crippen LogP contribution in [0, 0.1) is 0 Å². The Hall–Kier alpha value is -1.20. The molecular weight excluding hydrogens is 358 g/mol. The minimum Gasteiger partial charge on any atom is -0.488 e. The zero-order valence-electron chi connectivity index (χ0n) is 14.8. The Morgan fingerprint density at radius 2 is 1.56 bits per heavy atom. The summed E-state index contributed by atoms with van der Waals surface area (Å²) in [7, 11) is -0.591. The van der Waals surface area contributed by atoms with Gasteiger partial charge in [0.2, 0.25) is 0 Å². The first-order valence-electron chi connectivity index (χ1n) is 8.21. The summed E-state index contributed by atoms with van der Waals surface area (Å²) >= 11 is 12.6. The van der Waals surface area contributed by atoms with Gasteiger partial charge in [-0.3, -0.25) is 0 Å². The van der Waals surface area contributed by atoms with Crippen molar-refractivity contribution in [1.29, 1.82) is 0 Å². The lowest BCUT2D eigenvalue weighted by Gasteiger charge is -2.32. The van der Waals surface area contributed by atoms with Crippen LogP contribution < -0.4 is 10.2 Å². The van der Waals surface area contributed by atoms with E-state index >= 15 is 0 Å². The Morgan fingerprint density at radius 3 is 2.16 bits per heavy atom. The Labute approximate surface area is 159 Å². The SMILES string of the molecule is CC1(C)OB(c2cc(Cl)cc(Cl)c2OCc2ccccc2)OC1(C)C. The molecule has 0 atom stereocenters. The standard InChI is InChI=1S/C19H21BCl2O3/c1-18(2)19(3,4)25-20(24-18)15-10-14(21)11-16(22)17(15)23-12-13-8-6-5-7-9-13/h5-11H,12H2,1-4H3. The second-order valence-corrected chi connectivity index (χ2v) is 8.01. The molecule has 2 aromatic rings. The van der Waals surface area contributed by atoms with Crippen LogP contribution >= 0.6 is 23.2 Å². The molecule has 0 aromatic heterocycles. The summed E-state index contributed by atoms with van der Waals surface area (Å²) < 4.78 is 18.3. The Morgan fingerprint density at radius 1 is 0.960 bits per heavy atom. The molecule has 1 heterocycles. The second-order valence-electron chi connectivity index (χ2n) is 7.17. The highest BCUT2D eigenvalue weighted by Gasteiger charge is 2.52. The van der Waals surface area contributed by atoms with Crippen LogP contribution in [0.5, 0.6) is 5.75 Å². The van der Waals surface area contributed by atoms with Crippen molar-refractivity contribution in [3.63, 3.8) is 0 Å². The van der Waals surface area contributed by atoms with Gasteiger partial charge in [0.15, 0.2) is 0 Å². The van der Waals surface area contributed by atoms with Gasteiger partial charge in [0.25, 0.3) is 0 Å². The summed E-state index contributed by atoms with van der Waals surface area (Å²) in [4.78, 5) is 0. The van der Waals surface area contributed by atoms with Crippen LogP contribution in [0.1, 0.15) is 33.3 Å². The van der Waals surface area contributed by atoms with Gasteiger partial charge in [-0.2, -0.15) is 0 Å². The van der Waals surface area contributed by atoms with Gasteiger partial charge in [-0.05, 0) is 45.4 Å². The van der Waals surface area contributed by atoms with Gasteiger partial charge < -0.3 is 14.0 Å². The molecule has 0 amide bonds. The smallest absolute Gasteiger partial charge is 0.488 e. The van der Waals surface area contributed by atoms with Crippen molar-refractivity contribution in [2.75, 3.05) is 0 Å². The lowest BCUT2D eigenvalue weighted by Crippen LogP contribution is -2.41. The minimum absolute atomic E-state index is 0.398. The Kier molecular flexibility index (Phi) is 5.09. The maximum absolute atomic E-state index is 6.40. The maximum atomic E-state index is 6.40. The lowest BCUT2D eigenvalue weighted by atomic mass is 9.78. The molecule has 0 radical (unpaired) electrons. The fraction of sp³-hybridized carbons (Fsp3) is 0.368. The Bertz CT molecular complexity index is 747. The third-order valence-corrected chi connectivity index (χ3v) is 5.27. The quantitative estimate of drug-likeness (QED) is 0.710. The van der Waals surface area contributed by atoms with Crippen LogP contribution in [0.4, 0.5) is 0 Å². The van der Waals surface area contributed by atoms with Crippen LogP contribution in [0.25, 0.3) is 0 Å².